The maximum atomic E-state index is 12.6. The molecule has 8 heteroatoms. The van der Waals surface area contributed by atoms with Crippen molar-refractivity contribution in [1.29, 1.82) is 0 Å². The van der Waals surface area contributed by atoms with Gasteiger partial charge in [-0.1, -0.05) is 0 Å². The molecule has 1 unspecified atom stereocenters. The first-order chi connectivity index (χ1) is 9.84. The third kappa shape index (κ3) is 3.34. The number of carbonyl (C=O) groups is 1. The Morgan fingerprint density at radius 3 is 2.76 bits per heavy atom. The Hall–Kier alpha value is -1.64. The van der Waals surface area contributed by atoms with E-state index in [4.69, 9.17) is 10.5 Å². The zero-order valence-electron chi connectivity index (χ0n) is 11.9. The summed E-state index contributed by atoms with van der Waals surface area (Å²) in [4.78, 5) is 11.6. The molecule has 2 rings (SSSR count). The number of anilines is 1. The Morgan fingerprint density at radius 2 is 2.14 bits per heavy atom. The molecule has 0 aromatic heterocycles. The number of carbonyl (C=O) groups excluding carboxylic acids is 1. The number of aryl methyl sites for hydroxylation is 1. The van der Waals surface area contributed by atoms with E-state index in [0.29, 0.717) is 5.69 Å². The lowest BCUT2D eigenvalue weighted by Crippen LogP contribution is -2.48. The fourth-order valence-corrected chi connectivity index (χ4v) is 3.76. The topological polar surface area (TPSA) is 98.9 Å². The van der Waals surface area contributed by atoms with E-state index in [0.717, 1.165) is 5.56 Å². The largest absolute Gasteiger partial charge is 0.467 e. The number of nitrogens with zero attached hydrogens (tertiary/aromatic N) is 1. The number of hydrogen-bond acceptors (Lipinski definition) is 6. The summed E-state index contributed by atoms with van der Waals surface area (Å²) in [6, 6.07) is 4.65. The molecule has 1 aromatic rings. The summed E-state index contributed by atoms with van der Waals surface area (Å²) >= 11 is 0. The number of rotatable bonds is 3. The van der Waals surface area contributed by atoms with E-state index < -0.39 is 22.1 Å². The second-order valence-corrected chi connectivity index (χ2v) is 6.76. The highest BCUT2D eigenvalue weighted by Crippen LogP contribution is 2.22. The van der Waals surface area contributed by atoms with Crippen LogP contribution < -0.4 is 5.73 Å². The fourth-order valence-electron chi connectivity index (χ4n) is 2.19. The smallest absolute Gasteiger partial charge is 0.336 e. The molecular formula is C13H18N2O5S. The van der Waals surface area contributed by atoms with Crippen molar-refractivity contribution in [3.63, 3.8) is 0 Å². The second kappa shape index (κ2) is 6.00. The van der Waals surface area contributed by atoms with Gasteiger partial charge >= 0.3 is 5.97 Å². The first-order valence-electron chi connectivity index (χ1n) is 6.41. The van der Waals surface area contributed by atoms with Crippen molar-refractivity contribution in [2.24, 2.45) is 0 Å². The normalized spacial score (nSPS) is 20.2. The number of hydrogen-bond donors (Lipinski definition) is 1. The lowest BCUT2D eigenvalue weighted by Gasteiger charge is -2.30. The third-order valence-corrected chi connectivity index (χ3v) is 5.05. The molecule has 1 heterocycles. The Kier molecular flexibility index (Phi) is 4.50. The molecule has 0 radical (unpaired) electrons. The quantitative estimate of drug-likeness (QED) is 0.629. The van der Waals surface area contributed by atoms with Gasteiger partial charge in [0.15, 0.2) is 6.10 Å². The van der Waals surface area contributed by atoms with Gasteiger partial charge in [-0.15, -0.1) is 0 Å². The predicted octanol–water partition coefficient (Wildman–Crippen LogP) is 0.140. The van der Waals surface area contributed by atoms with Crippen molar-refractivity contribution in [2.75, 3.05) is 32.5 Å². The molecule has 1 aromatic carbocycles. The van der Waals surface area contributed by atoms with Crippen LogP contribution in [0, 0.1) is 6.92 Å². The van der Waals surface area contributed by atoms with E-state index in [1.807, 2.05) is 0 Å². The van der Waals surface area contributed by atoms with Crippen molar-refractivity contribution in [2.45, 2.75) is 17.9 Å². The number of methoxy groups -OCH3 is 1. The van der Waals surface area contributed by atoms with Crippen molar-refractivity contribution in [1.82, 2.24) is 4.31 Å². The Morgan fingerprint density at radius 1 is 1.43 bits per heavy atom. The zero-order chi connectivity index (χ0) is 15.6. The van der Waals surface area contributed by atoms with Gasteiger partial charge in [-0.2, -0.15) is 4.31 Å². The minimum Gasteiger partial charge on any atom is -0.467 e. The Bertz CT molecular complexity index is 624. The van der Waals surface area contributed by atoms with Gasteiger partial charge in [0, 0.05) is 12.2 Å². The Balaban J connectivity index is 2.28. The highest BCUT2D eigenvalue weighted by Gasteiger charge is 2.34. The van der Waals surface area contributed by atoms with Gasteiger partial charge in [-0.05, 0) is 30.7 Å². The van der Waals surface area contributed by atoms with Gasteiger partial charge in [-0.3, -0.25) is 0 Å². The predicted molar refractivity (Wildman–Crippen MR) is 76.1 cm³/mol. The highest BCUT2D eigenvalue weighted by atomic mass is 32.2. The van der Waals surface area contributed by atoms with Crippen LogP contribution in [0.25, 0.3) is 0 Å². The number of sulfonamides is 1. The number of morpholine rings is 1. The van der Waals surface area contributed by atoms with E-state index in [1.165, 1.54) is 17.5 Å². The number of esters is 1. The average molecular weight is 314 g/mol. The molecule has 0 spiro atoms. The van der Waals surface area contributed by atoms with E-state index in [-0.39, 0.29) is 24.6 Å². The molecule has 21 heavy (non-hydrogen) atoms. The van der Waals surface area contributed by atoms with Crippen molar-refractivity contribution in [3.8, 4) is 0 Å². The zero-order valence-corrected chi connectivity index (χ0v) is 12.7. The van der Waals surface area contributed by atoms with Gasteiger partial charge in [0.25, 0.3) is 0 Å². The van der Waals surface area contributed by atoms with Crippen LogP contribution in [0.5, 0.6) is 0 Å². The van der Waals surface area contributed by atoms with Gasteiger partial charge in [-0.25, -0.2) is 13.2 Å². The average Bonchev–Trinajstić information content (AvgIpc) is 2.45. The van der Waals surface area contributed by atoms with Crippen molar-refractivity contribution in [3.05, 3.63) is 23.8 Å². The molecule has 0 aliphatic carbocycles. The molecule has 1 fully saturated rings. The Labute approximate surface area is 123 Å². The summed E-state index contributed by atoms with van der Waals surface area (Å²) in [5, 5.41) is 0. The van der Waals surface area contributed by atoms with Crippen LogP contribution in [0.1, 0.15) is 5.56 Å². The van der Waals surface area contributed by atoms with Crippen LogP contribution in [0.4, 0.5) is 5.69 Å². The molecular weight excluding hydrogens is 296 g/mol. The summed E-state index contributed by atoms with van der Waals surface area (Å²) in [6.07, 6.45) is -0.902. The molecule has 1 atom stereocenters. The van der Waals surface area contributed by atoms with E-state index in [9.17, 15) is 13.2 Å². The maximum Gasteiger partial charge on any atom is 0.336 e. The monoisotopic (exact) mass is 314 g/mol. The van der Waals surface area contributed by atoms with Crippen LogP contribution >= 0.6 is 0 Å². The van der Waals surface area contributed by atoms with Crippen LogP contribution in [0.3, 0.4) is 0 Å². The summed E-state index contributed by atoms with van der Waals surface area (Å²) < 4.78 is 36.3. The summed E-state index contributed by atoms with van der Waals surface area (Å²) in [6.45, 7) is 2.03. The van der Waals surface area contributed by atoms with Crippen molar-refractivity contribution >= 4 is 21.7 Å². The van der Waals surface area contributed by atoms with Crippen molar-refractivity contribution < 1.29 is 22.7 Å². The molecule has 0 amide bonds. The van der Waals surface area contributed by atoms with E-state index >= 15 is 0 Å². The summed E-state index contributed by atoms with van der Waals surface area (Å²) in [5.41, 5.74) is 6.84. The molecule has 1 aliphatic rings. The van der Waals surface area contributed by atoms with E-state index in [1.54, 1.807) is 19.1 Å². The molecule has 7 nitrogen and oxygen atoms in total. The third-order valence-electron chi connectivity index (χ3n) is 3.20. The summed E-state index contributed by atoms with van der Waals surface area (Å²) in [5.74, 6) is -0.585. The molecule has 116 valence electrons. The van der Waals surface area contributed by atoms with Gasteiger partial charge in [0.1, 0.15) is 0 Å². The van der Waals surface area contributed by atoms with E-state index in [2.05, 4.69) is 4.74 Å². The molecule has 0 bridgehead atoms. The first-order valence-corrected chi connectivity index (χ1v) is 7.85. The standard InChI is InChI=1S/C13H18N2O5S/c1-9-5-10(14)7-11(6-9)21(17,18)15-3-4-20-12(8-15)13(16)19-2/h5-7,12H,3-4,8,14H2,1-2H3. The first kappa shape index (κ1) is 15.7. The number of ether oxygens (including phenoxy) is 2. The van der Waals surface area contributed by atoms with Gasteiger partial charge < -0.3 is 15.2 Å². The molecule has 2 N–H and O–H groups in total. The minimum absolute atomic E-state index is 0.0666. The lowest BCUT2D eigenvalue weighted by atomic mass is 10.2. The molecule has 1 saturated heterocycles. The van der Waals surface area contributed by atoms with Gasteiger partial charge in [0.2, 0.25) is 10.0 Å². The number of benzene rings is 1. The van der Waals surface area contributed by atoms with Gasteiger partial charge in [0.05, 0.1) is 25.2 Å². The minimum atomic E-state index is -3.72. The maximum absolute atomic E-state index is 12.6. The lowest BCUT2D eigenvalue weighted by molar-refractivity contribution is -0.157. The number of nitrogen functional groups attached to an aromatic ring is 1. The second-order valence-electron chi connectivity index (χ2n) is 4.83. The number of nitrogens with two attached hydrogens (primary N) is 1. The summed E-state index contributed by atoms with van der Waals surface area (Å²) in [7, 11) is -2.48. The van der Waals surface area contributed by atoms with Crippen LogP contribution in [0.15, 0.2) is 23.1 Å². The van der Waals surface area contributed by atoms with Crippen LogP contribution in [-0.2, 0) is 24.3 Å². The molecule has 0 saturated carbocycles. The SMILES string of the molecule is COC(=O)C1CN(S(=O)(=O)c2cc(C)cc(N)c2)CCO1. The van der Waals surface area contributed by atoms with Crippen LogP contribution in [0.2, 0.25) is 0 Å². The molecule has 1 aliphatic heterocycles. The highest BCUT2D eigenvalue weighted by molar-refractivity contribution is 7.89. The van der Waals surface area contributed by atoms with Crippen LogP contribution in [-0.4, -0.2) is 51.6 Å². The fraction of sp³-hybridized carbons (Fsp3) is 0.462.